The molecular formula is C17H27ClN2. The molecule has 3 atom stereocenters. The Labute approximate surface area is 128 Å². The van der Waals surface area contributed by atoms with E-state index < -0.39 is 0 Å². The van der Waals surface area contributed by atoms with Gasteiger partial charge in [-0.05, 0) is 43.5 Å². The van der Waals surface area contributed by atoms with E-state index >= 15 is 0 Å². The predicted octanol–water partition coefficient (Wildman–Crippen LogP) is 3.94. The number of hydrogen-bond acceptors (Lipinski definition) is 2. The monoisotopic (exact) mass is 294 g/mol. The molecule has 3 unspecified atom stereocenters. The summed E-state index contributed by atoms with van der Waals surface area (Å²) in [6, 6.07) is 9.51. The van der Waals surface area contributed by atoms with Crippen molar-refractivity contribution in [3.05, 3.63) is 34.9 Å². The highest BCUT2D eigenvalue weighted by Crippen LogP contribution is 2.19. The smallest absolute Gasteiger partial charge is 0.0406 e. The van der Waals surface area contributed by atoms with Crippen molar-refractivity contribution in [2.24, 2.45) is 5.92 Å². The quantitative estimate of drug-likeness (QED) is 0.905. The van der Waals surface area contributed by atoms with Gasteiger partial charge in [-0.15, -0.1) is 0 Å². The van der Waals surface area contributed by atoms with Crippen LogP contribution in [0, 0.1) is 5.92 Å². The van der Waals surface area contributed by atoms with E-state index in [9.17, 15) is 0 Å². The normalized spacial score (nSPS) is 26.2. The number of halogens is 1. The first-order valence-corrected chi connectivity index (χ1v) is 8.19. The zero-order chi connectivity index (χ0) is 14.5. The molecule has 0 aliphatic carbocycles. The van der Waals surface area contributed by atoms with Crippen molar-refractivity contribution in [3.8, 4) is 0 Å². The van der Waals surface area contributed by atoms with Crippen LogP contribution in [0.15, 0.2) is 24.3 Å². The average Bonchev–Trinajstić information content (AvgIpc) is 2.63. The molecule has 1 saturated heterocycles. The summed E-state index contributed by atoms with van der Waals surface area (Å²) >= 11 is 5.97. The van der Waals surface area contributed by atoms with E-state index in [1.54, 1.807) is 0 Å². The SMILES string of the molecule is CCC(C)C1CN(Cc2ccc(Cl)cc2)C(C)CCN1. The van der Waals surface area contributed by atoms with Gasteiger partial charge in [-0.25, -0.2) is 0 Å². The molecule has 20 heavy (non-hydrogen) atoms. The molecule has 1 N–H and O–H groups in total. The molecule has 0 amide bonds. The van der Waals surface area contributed by atoms with Crippen LogP contribution in [0.5, 0.6) is 0 Å². The van der Waals surface area contributed by atoms with Gasteiger partial charge in [0.2, 0.25) is 0 Å². The Kier molecular flexibility index (Phi) is 5.88. The summed E-state index contributed by atoms with van der Waals surface area (Å²) in [5, 5.41) is 4.54. The molecule has 0 radical (unpaired) electrons. The largest absolute Gasteiger partial charge is 0.312 e. The molecule has 0 aromatic heterocycles. The Morgan fingerprint density at radius 1 is 1.35 bits per heavy atom. The Balaban J connectivity index is 2.04. The molecule has 1 fully saturated rings. The van der Waals surface area contributed by atoms with Gasteiger partial charge in [0.05, 0.1) is 0 Å². The van der Waals surface area contributed by atoms with E-state index in [1.807, 2.05) is 12.1 Å². The third-order valence-electron chi connectivity index (χ3n) is 4.65. The molecular weight excluding hydrogens is 268 g/mol. The molecule has 0 saturated carbocycles. The average molecular weight is 295 g/mol. The molecule has 1 aliphatic rings. The van der Waals surface area contributed by atoms with Crippen LogP contribution >= 0.6 is 11.6 Å². The number of benzene rings is 1. The minimum Gasteiger partial charge on any atom is -0.312 e. The lowest BCUT2D eigenvalue weighted by Crippen LogP contribution is -2.43. The van der Waals surface area contributed by atoms with Gasteiger partial charge in [0, 0.05) is 30.2 Å². The van der Waals surface area contributed by atoms with Crippen LogP contribution in [-0.2, 0) is 6.54 Å². The number of nitrogens with zero attached hydrogens (tertiary/aromatic N) is 1. The molecule has 1 aromatic rings. The van der Waals surface area contributed by atoms with Crippen molar-refractivity contribution < 1.29 is 0 Å². The minimum absolute atomic E-state index is 0.609. The Hall–Kier alpha value is -0.570. The zero-order valence-corrected chi connectivity index (χ0v) is 13.7. The molecule has 0 bridgehead atoms. The fraction of sp³-hybridized carbons (Fsp3) is 0.647. The highest BCUT2D eigenvalue weighted by atomic mass is 35.5. The first kappa shape index (κ1) is 15.8. The summed E-state index contributed by atoms with van der Waals surface area (Å²) in [5.74, 6) is 0.730. The summed E-state index contributed by atoms with van der Waals surface area (Å²) in [4.78, 5) is 2.61. The molecule has 2 nitrogen and oxygen atoms in total. The summed E-state index contributed by atoms with van der Waals surface area (Å²) < 4.78 is 0. The molecule has 0 spiro atoms. The van der Waals surface area contributed by atoms with E-state index in [0.29, 0.717) is 12.1 Å². The fourth-order valence-corrected chi connectivity index (χ4v) is 2.99. The van der Waals surface area contributed by atoms with Gasteiger partial charge >= 0.3 is 0 Å². The third-order valence-corrected chi connectivity index (χ3v) is 4.90. The van der Waals surface area contributed by atoms with Crippen molar-refractivity contribution in [1.29, 1.82) is 0 Å². The van der Waals surface area contributed by atoms with Crippen molar-refractivity contribution in [3.63, 3.8) is 0 Å². The van der Waals surface area contributed by atoms with Crippen LogP contribution in [0.1, 0.15) is 39.2 Å². The highest BCUT2D eigenvalue weighted by molar-refractivity contribution is 6.30. The number of rotatable bonds is 4. The first-order chi connectivity index (χ1) is 9.60. The maximum atomic E-state index is 5.97. The van der Waals surface area contributed by atoms with Crippen LogP contribution in [0.2, 0.25) is 5.02 Å². The summed E-state index contributed by atoms with van der Waals surface area (Å²) in [6.45, 7) is 10.3. The lowest BCUT2D eigenvalue weighted by atomic mass is 9.98. The van der Waals surface area contributed by atoms with Crippen LogP contribution in [-0.4, -0.2) is 30.1 Å². The van der Waals surface area contributed by atoms with Crippen molar-refractivity contribution in [2.45, 2.75) is 52.2 Å². The van der Waals surface area contributed by atoms with Crippen LogP contribution in [0.25, 0.3) is 0 Å². The Bertz CT molecular complexity index is 404. The second-order valence-electron chi connectivity index (χ2n) is 6.14. The van der Waals surface area contributed by atoms with Gasteiger partial charge in [-0.3, -0.25) is 4.90 Å². The summed E-state index contributed by atoms with van der Waals surface area (Å²) in [7, 11) is 0. The third kappa shape index (κ3) is 4.21. The maximum absolute atomic E-state index is 5.97. The van der Waals surface area contributed by atoms with E-state index in [1.165, 1.54) is 18.4 Å². The lowest BCUT2D eigenvalue weighted by Gasteiger charge is -2.31. The molecule has 2 rings (SSSR count). The Morgan fingerprint density at radius 3 is 2.70 bits per heavy atom. The first-order valence-electron chi connectivity index (χ1n) is 7.82. The Morgan fingerprint density at radius 2 is 2.05 bits per heavy atom. The molecule has 1 heterocycles. The molecule has 1 aliphatic heterocycles. The predicted molar refractivity (Wildman–Crippen MR) is 87.2 cm³/mol. The van der Waals surface area contributed by atoms with Gasteiger partial charge in [0.25, 0.3) is 0 Å². The summed E-state index contributed by atoms with van der Waals surface area (Å²) in [5.41, 5.74) is 1.35. The molecule has 3 heteroatoms. The second-order valence-corrected chi connectivity index (χ2v) is 6.58. The number of hydrogen-bond donors (Lipinski definition) is 1. The lowest BCUT2D eigenvalue weighted by molar-refractivity contribution is 0.180. The highest BCUT2D eigenvalue weighted by Gasteiger charge is 2.25. The van der Waals surface area contributed by atoms with Crippen LogP contribution < -0.4 is 5.32 Å². The second kappa shape index (κ2) is 7.44. The van der Waals surface area contributed by atoms with Gasteiger partial charge in [0.1, 0.15) is 0 Å². The fourth-order valence-electron chi connectivity index (χ4n) is 2.87. The topological polar surface area (TPSA) is 15.3 Å². The van der Waals surface area contributed by atoms with Crippen molar-refractivity contribution in [2.75, 3.05) is 13.1 Å². The molecule has 1 aromatic carbocycles. The summed E-state index contributed by atoms with van der Waals surface area (Å²) in [6.07, 6.45) is 2.46. The van der Waals surface area contributed by atoms with E-state index in [0.717, 1.165) is 30.6 Å². The van der Waals surface area contributed by atoms with Crippen LogP contribution in [0.3, 0.4) is 0 Å². The van der Waals surface area contributed by atoms with E-state index in [-0.39, 0.29) is 0 Å². The number of nitrogens with one attached hydrogen (secondary N) is 1. The van der Waals surface area contributed by atoms with Crippen molar-refractivity contribution in [1.82, 2.24) is 10.2 Å². The van der Waals surface area contributed by atoms with Gasteiger partial charge in [0.15, 0.2) is 0 Å². The van der Waals surface area contributed by atoms with Gasteiger partial charge in [-0.1, -0.05) is 44.0 Å². The van der Waals surface area contributed by atoms with Crippen LogP contribution in [0.4, 0.5) is 0 Å². The van der Waals surface area contributed by atoms with E-state index in [2.05, 4.69) is 43.1 Å². The van der Waals surface area contributed by atoms with Crippen molar-refractivity contribution >= 4 is 11.6 Å². The minimum atomic E-state index is 0.609. The molecule has 112 valence electrons. The zero-order valence-electron chi connectivity index (χ0n) is 12.9. The maximum Gasteiger partial charge on any atom is 0.0406 e. The van der Waals surface area contributed by atoms with Gasteiger partial charge < -0.3 is 5.32 Å². The van der Waals surface area contributed by atoms with Gasteiger partial charge in [-0.2, -0.15) is 0 Å². The standard InChI is InChI=1S/C17H27ClN2/c1-4-13(2)17-12-20(14(3)9-10-19-17)11-15-5-7-16(18)8-6-15/h5-8,13-14,17,19H,4,9-12H2,1-3H3. The van der Waals surface area contributed by atoms with E-state index in [4.69, 9.17) is 11.6 Å².